The van der Waals surface area contributed by atoms with Crippen LogP contribution in [-0.4, -0.2) is 4.57 Å². The van der Waals surface area contributed by atoms with Crippen LogP contribution in [0.25, 0.3) is 10.9 Å². The predicted molar refractivity (Wildman–Crippen MR) is 72.6 cm³/mol. The second kappa shape index (κ2) is 4.22. The van der Waals surface area contributed by atoms with Gasteiger partial charge in [-0.05, 0) is 23.6 Å². The molecule has 0 radical (unpaired) electrons. The van der Waals surface area contributed by atoms with Crippen LogP contribution in [0.15, 0.2) is 22.7 Å². The Kier molecular flexibility index (Phi) is 3.08. The van der Waals surface area contributed by atoms with Gasteiger partial charge in [-0.25, -0.2) is 0 Å². The highest BCUT2D eigenvalue weighted by Gasteiger charge is 2.16. The van der Waals surface area contributed by atoms with E-state index >= 15 is 0 Å². The molecular formula is C13H17BrN2. The van der Waals surface area contributed by atoms with Gasteiger partial charge in [0.25, 0.3) is 0 Å². The molecule has 0 aliphatic heterocycles. The number of nitrogens with two attached hydrogens (primary N) is 1. The van der Waals surface area contributed by atoms with E-state index in [4.69, 9.17) is 5.73 Å². The van der Waals surface area contributed by atoms with Crippen molar-refractivity contribution in [3.8, 4) is 0 Å². The van der Waals surface area contributed by atoms with E-state index in [-0.39, 0.29) is 0 Å². The van der Waals surface area contributed by atoms with Crippen molar-refractivity contribution < 1.29 is 0 Å². The summed E-state index contributed by atoms with van der Waals surface area (Å²) in [5.41, 5.74) is 9.75. The Labute approximate surface area is 105 Å². The van der Waals surface area contributed by atoms with E-state index in [2.05, 4.69) is 59.6 Å². The average molecular weight is 281 g/mol. The van der Waals surface area contributed by atoms with Crippen molar-refractivity contribution in [1.82, 2.24) is 4.57 Å². The number of aromatic nitrogens is 1. The van der Waals surface area contributed by atoms with Gasteiger partial charge < -0.3 is 10.3 Å². The van der Waals surface area contributed by atoms with Crippen LogP contribution in [0.5, 0.6) is 0 Å². The fourth-order valence-corrected chi connectivity index (χ4v) is 2.81. The fraction of sp³-hybridized carbons (Fsp3) is 0.385. The Balaban J connectivity index is 2.85. The Hall–Kier alpha value is -0.800. The molecule has 0 saturated heterocycles. The molecule has 16 heavy (non-hydrogen) atoms. The first kappa shape index (κ1) is 11.7. The minimum atomic E-state index is 0.495. The topological polar surface area (TPSA) is 30.9 Å². The Morgan fingerprint density at radius 2 is 2.06 bits per heavy atom. The molecule has 1 heterocycles. The lowest BCUT2D eigenvalue weighted by Crippen LogP contribution is -2.05. The van der Waals surface area contributed by atoms with Crippen LogP contribution in [0.3, 0.4) is 0 Å². The van der Waals surface area contributed by atoms with Crippen molar-refractivity contribution in [2.24, 2.45) is 12.8 Å². The first-order chi connectivity index (χ1) is 7.56. The minimum Gasteiger partial charge on any atom is -0.347 e. The van der Waals surface area contributed by atoms with Gasteiger partial charge >= 0.3 is 0 Å². The molecule has 0 unspecified atom stereocenters. The fourth-order valence-electron chi connectivity index (χ4n) is 2.46. The van der Waals surface area contributed by atoms with E-state index < -0.39 is 0 Å². The second-order valence-electron chi connectivity index (χ2n) is 4.44. The smallest absolute Gasteiger partial charge is 0.0494 e. The number of nitrogens with zero attached hydrogens (tertiary/aromatic N) is 1. The van der Waals surface area contributed by atoms with Crippen LogP contribution in [-0.2, 0) is 13.6 Å². The van der Waals surface area contributed by atoms with E-state index in [1.165, 1.54) is 22.2 Å². The molecule has 1 aromatic heterocycles. The standard InChI is InChI=1S/C13H17BrN2/c1-8(2)13-11(7-15)10-5-4-9(14)6-12(10)16(13)3/h4-6,8H,7,15H2,1-3H3. The lowest BCUT2D eigenvalue weighted by Gasteiger charge is -2.10. The van der Waals surface area contributed by atoms with Crippen molar-refractivity contribution in [3.05, 3.63) is 33.9 Å². The summed E-state index contributed by atoms with van der Waals surface area (Å²) in [5, 5.41) is 1.27. The largest absolute Gasteiger partial charge is 0.347 e. The van der Waals surface area contributed by atoms with E-state index in [1.807, 2.05) is 0 Å². The van der Waals surface area contributed by atoms with Crippen LogP contribution in [0.1, 0.15) is 31.0 Å². The molecule has 2 aromatic rings. The zero-order chi connectivity index (χ0) is 11.9. The third-order valence-corrected chi connectivity index (χ3v) is 3.56. The third kappa shape index (κ3) is 1.68. The maximum absolute atomic E-state index is 5.88. The lowest BCUT2D eigenvalue weighted by molar-refractivity contribution is 0.739. The van der Waals surface area contributed by atoms with Crippen molar-refractivity contribution in [1.29, 1.82) is 0 Å². The summed E-state index contributed by atoms with van der Waals surface area (Å²) in [5.74, 6) is 0.495. The zero-order valence-corrected chi connectivity index (χ0v) is 11.5. The summed E-state index contributed by atoms with van der Waals surface area (Å²) in [6.07, 6.45) is 0. The number of aryl methyl sites for hydroxylation is 1. The highest BCUT2D eigenvalue weighted by atomic mass is 79.9. The summed E-state index contributed by atoms with van der Waals surface area (Å²) in [6, 6.07) is 6.37. The van der Waals surface area contributed by atoms with Gasteiger partial charge in [-0.3, -0.25) is 0 Å². The van der Waals surface area contributed by atoms with E-state index in [0.29, 0.717) is 12.5 Å². The molecule has 1 aromatic carbocycles. The molecule has 0 fully saturated rings. The highest BCUT2D eigenvalue weighted by Crippen LogP contribution is 2.31. The van der Waals surface area contributed by atoms with Gasteiger partial charge in [-0.1, -0.05) is 35.8 Å². The van der Waals surface area contributed by atoms with Gasteiger partial charge in [0.1, 0.15) is 0 Å². The first-order valence-electron chi connectivity index (χ1n) is 5.53. The van der Waals surface area contributed by atoms with E-state index in [0.717, 1.165) is 4.47 Å². The number of hydrogen-bond donors (Lipinski definition) is 1. The average Bonchev–Trinajstić information content (AvgIpc) is 2.51. The molecule has 0 atom stereocenters. The normalized spacial score (nSPS) is 11.6. The molecule has 3 heteroatoms. The third-order valence-electron chi connectivity index (χ3n) is 3.07. The summed E-state index contributed by atoms with van der Waals surface area (Å²) in [4.78, 5) is 0. The molecule has 0 amide bonds. The molecule has 2 nitrogen and oxygen atoms in total. The van der Waals surface area contributed by atoms with Gasteiger partial charge in [0.15, 0.2) is 0 Å². The monoisotopic (exact) mass is 280 g/mol. The van der Waals surface area contributed by atoms with E-state index in [1.54, 1.807) is 0 Å². The van der Waals surface area contributed by atoms with Gasteiger partial charge in [-0.15, -0.1) is 0 Å². The molecular weight excluding hydrogens is 264 g/mol. The number of benzene rings is 1. The molecule has 0 spiro atoms. The van der Waals surface area contributed by atoms with Crippen molar-refractivity contribution in [2.75, 3.05) is 0 Å². The van der Waals surface area contributed by atoms with Crippen LogP contribution in [0.4, 0.5) is 0 Å². The minimum absolute atomic E-state index is 0.495. The maximum atomic E-state index is 5.88. The van der Waals surface area contributed by atoms with Gasteiger partial charge in [-0.2, -0.15) is 0 Å². The summed E-state index contributed by atoms with van der Waals surface area (Å²) >= 11 is 3.51. The second-order valence-corrected chi connectivity index (χ2v) is 5.36. The van der Waals surface area contributed by atoms with Crippen LogP contribution in [0, 0.1) is 0 Å². The quantitative estimate of drug-likeness (QED) is 0.897. The van der Waals surface area contributed by atoms with Crippen molar-refractivity contribution in [3.63, 3.8) is 0 Å². The molecule has 86 valence electrons. The highest BCUT2D eigenvalue weighted by molar-refractivity contribution is 9.10. The zero-order valence-electron chi connectivity index (χ0n) is 9.92. The van der Waals surface area contributed by atoms with Gasteiger partial charge in [0.05, 0.1) is 0 Å². The Morgan fingerprint density at radius 3 is 2.62 bits per heavy atom. The number of fused-ring (bicyclic) bond motifs is 1. The Morgan fingerprint density at radius 1 is 1.38 bits per heavy atom. The lowest BCUT2D eigenvalue weighted by atomic mass is 10.0. The van der Waals surface area contributed by atoms with Crippen LogP contribution in [0.2, 0.25) is 0 Å². The van der Waals surface area contributed by atoms with Crippen LogP contribution < -0.4 is 5.73 Å². The Bertz CT molecular complexity index is 526. The van der Waals surface area contributed by atoms with Gasteiger partial charge in [0, 0.05) is 34.7 Å². The van der Waals surface area contributed by atoms with Crippen molar-refractivity contribution in [2.45, 2.75) is 26.3 Å². The molecule has 2 N–H and O–H groups in total. The van der Waals surface area contributed by atoms with Gasteiger partial charge in [0.2, 0.25) is 0 Å². The van der Waals surface area contributed by atoms with Crippen molar-refractivity contribution >= 4 is 26.8 Å². The van der Waals surface area contributed by atoms with Crippen LogP contribution >= 0.6 is 15.9 Å². The molecule has 0 aliphatic carbocycles. The predicted octanol–water partition coefficient (Wildman–Crippen LogP) is 3.52. The van der Waals surface area contributed by atoms with E-state index in [9.17, 15) is 0 Å². The summed E-state index contributed by atoms with van der Waals surface area (Å²) < 4.78 is 3.37. The molecule has 0 saturated carbocycles. The SMILES string of the molecule is CC(C)c1c(CN)c2ccc(Br)cc2n1C. The summed E-state index contributed by atoms with van der Waals surface area (Å²) in [6.45, 7) is 5.03. The first-order valence-corrected chi connectivity index (χ1v) is 6.32. The summed E-state index contributed by atoms with van der Waals surface area (Å²) in [7, 11) is 2.11. The number of hydrogen-bond acceptors (Lipinski definition) is 1. The maximum Gasteiger partial charge on any atom is 0.0494 e. The number of halogens is 1. The molecule has 0 bridgehead atoms. The molecule has 2 rings (SSSR count). The number of rotatable bonds is 2. The molecule has 0 aliphatic rings.